The van der Waals surface area contributed by atoms with Gasteiger partial charge in [0.25, 0.3) is 0 Å². The number of aliphatic hydroxyl groups is 2. The number of phosphoric ester groups is 2. The van der Waals surface area contributed by atoms with Crippen LogP contribution in [-0.2, 0) is 55.8 Å². The molecule has 624 valence electrons. The fourth-order valence-electron chi connectivity index (χ4n) is 11.2. The summed E-state index contributed by atoms with van der Waals surface area (Å²) in [5, 5.41) is 20.7. The van der Waals surface area contributed by atoms with Gasteiger partial charge in [-0.05, 0) is 154 Å². The summed E-state index contributed by atoms with van der Waals surface area (Å²) >= 11 is 0. The Bertz CT molecular complexity index is 2610. The zero-order valence-electron chi connectivity index (χ0n) is 68.4. The summed E-state index contributed by atoms with van der Waals surface area (Å²) in [6, 6.07) is 0. The zero-order chi connectivity index (χ0) is 79.4. The van der Waals surface area contributed by atoms with Gasteiger partial charge in [-0.25, -0.2) is 9.13 Å². The van der Waals surface area contributed by atoms with E-state index in [2.05, 4.69) is 179 Å². The van der Waals surface area contributed by atoms with Gasteiger partial charge in [0.15, 0.2) is 6.10 Å². The second kappa shape index (κ2) is 82.6. The lowest BCUT2D eigenvalue weighted by Crippen LogP contribution is -2.30. The minimum atomic E-state index is -4.95. The van der Waals surface area contributed by atoms with Crippen LogP contribution in [0, 0.1) is 0 Å². The first-order valence-electron chi connectivity index (χ1n) is 42.8. The van der Waals surface area contributed by atoms with E-state index in [9.17, 15) is 43.5 Å². The summed E-state index contributed by atoms with van der Waals surface area (Å²) < 4.78 is 61.2. The van der Waals surface area contributed by atoms with Crippen molar-refractivity contribution in [2.75, 3.05) is 39.6 Å². The van der Waals surface area contributed by atoms with Gasteiger partial charge in [-0.15, -0.1) is 0 Å². The van der Waals surface area contributed by atoms with Crippen molar-refractivity contribution in [2.45, 2.75) is 360 Å². The third kappa shape index (κ3) is 83.9. The highest BCUT2D eigenvalue weighted by atomic mass is 31.2. The average Bonchev–Trinajstić information content (AvgIpc) is 0.906. The fraction of sp³-hybridized carbons (Fsp3) is 0.681. The zero-order valence-corrected chi connectivity index (χ0v) is 70.2. The summed E-state index contributed by atoms with van der Waals surface area (Å²) in [5.41, 5.74) is 0. The second-order valence-corrected chi connectivity index (χ2v) is 31.2. The molecule has 5 atom stereocenters. The molecule has 0 aromatic heterocycles. The normalized spacial score (nSPS) is 14.7. The number of esters is 3. The second-order valence-electron chi connectivity index (χ2n) is 28.2. The molecule has 0 amide bonds. The van der Waals surface area contributed by atoms with E-state index in [4.69, 9.17) is 32.3 Å². The summed E-state index contributed by atoms with van der Waals surface area (Å²) in [7, 11) is -9.82. The molecule has 0 fully saturated rings. The Kier molecular flexibility index (Phi) is 79.0. The van der Waals surface area contributed by atoms with Gasteiger partial charge in [0.05, 0.1) is 26.4 Å². The van der Waals surface area contributed by atoms with Gasteiger partial charge < -0.3 is 34.2 Å². The Balaban J connectivity index is 4.56. The molecule has 4 N–H and O–H groups in total. The van der Waals surface area contributed by atoms with Crippen LogP contribution in [0.5, 0.6) is 0 Å². The first kappa shape index (κ1) is 104. The molecule has 16 nitrogen and oxygen atoms in total. The molecular weight excluding hydrogens is 1410 g/mol. The average molecular weight is 1570 g/mol. The monoisotopic (exact) mass is 1570 g/mol. The maximum absolute atomic E-state index is 13.0. The number of carbonyl (C=O) groups excluding carboxylic acids is 3. The highest BCUT2D eigenvalue weighted by molar-refractivity contribution is 7.47. The van der Waals surface area contributed by atoms with Crippen molar-refractivity contribution in [3.63, 3.8) is 0 Å². The van der Waals surface area contributed by atoms with Crippen LogP contribution < -0.4 is 0 Å². The Morgan fingerprint density at radius 2 is 0.486 bits per heavy atom. The third-order valence-electron chi connectivity index (χ3n) is 17.7. The molecule has 0 saturated carbocycles. The number of allylic oxidation sites excluding steroid dienone is 26. The van der Waals surface area contributed by atoms with E-state index in [0.717, 1.165) is 148 Å². The molecule has 109 heavy (non-hydrogen) atoms. The van der Waals surface area contributed by atoms with Crippen LogP contribution in [0.1, 0.15) is 342 Å². The lowest BCUT2D eigenvalue weighted by Gasteiger charge is -2.21. The predicted octanol–water partition coefficient (Wildman–Crippen LogP) is 25.8. The van der Waals surface area contributed by atoms with Crippen LogP contribution >= 0.6 is 15.6 Å². The quantitative estimate of drug-likeness (QED) is 0.0146. The largest absolute Gasteiger partial charge is 0.472 e. The molecule has 0 aliphatic heterocycles. The lowest BCUT2D eigenvalue weighted by molar-refractivity contribution is -0.161. The SMILES string of the molecule is CC/C=C\C/C=C\C/C=C\C/C=C\C/C=C\C/C=C\CCCCC(=O)OCC(COP(=O)(O)OCC(O)COP(=O)(O)OCC(O)COC(=O)CCCCCCCCCCCCCCCCCCC/C=C\C/C=C\C/C=C\C/C=C\CCCCC)OC(=O)CCCCCCCC/C=C\C/C=C\C/C=C\CCCCC. The van der Waals surface area contributed by atoms with Crippen molar-refractivity contribution in [3.8, 4) is 0 Å². The summed E-state index contributed by atoms with van der Waals surface area (Å²) in [5.74, 6) is -1.64. The number of rotatable bonds is 80. The van der Waals surface area contributed by atoms with Crippen LogP contribution in [0.2, 0.25) is 0 Å². The van der Waals surface area contributed by atoms with Gasteiger partial charge in [0.1, 0.15) is 25.4 Å². The van der Waals surface area contributed by atoms with E-state index in [0.29, 0.717) is 19.3 Å². The molecule has 5 unspecified atom stereocenters. The number of carbonyl (C=O) groups is 3. The number of phosphoric acid groups is 2. The molecule has 0 saturated heterocycles. The van der Waals surface area contributed by atoms with E-state index in [1.165, 1.54) is 135 Å². The number of hydrogen-bond acceptors (Lipinski definition) is 14. The predicted molar refractivity (Wildman–Crippen MR) is 454 cm³/mol. The third-order valence-corrected chi connectivity index (χ3v) is 19.6. The van der Waals surface area contributed by atoms with Crippen molar-refractivity contribution >= 4 is 33.6 Å². The number of hydrogen-bond donors (Lipinski definition) is 4. The highest BCUT2D eigenvalue weighted by Crippen LogP contribution is 2.45. The van der Waals surface area contributed by atoms with E-state index < -0.39 is 91.5 Å². The highest BCUT2D eigenvalue weighted by Gasteiger charge is 2.29. The van der Waals surface area contributed by atoms with Crippen LogP contribution in [-0.4, -0.2) is 95.9 Å². The van der Waals surface area contributed by atoms with Gasteiger partial charge in [-0.3, -0.25) is 32.5 Å². The summed E-state index contributed by atoms with van der Waals surface area (Å²) in [6.45, 7) is 2.46. The Labute approximate surface area is 663 Å². The molecule has 0 aromatic rings. The van der Waals surface area contributed by atoms with Crippen molar-refractivity contribution < 1.29 is 75.8 Å². The van der Waals surface area contributed by atoms with E-state index in [-0.39, 0.29) is 19.3 Å². The van der Waals surface area contributed by atoms with E-state index >= 15 is 0 Å². The number of unbranched alkanes of at least 4 members (excludes halogenated alkanes) is 31. The van der Waals surface area contributed by atoms with Gasteiger partial charge in [-0.2, -0.15) is 0 Å². The fourth-order valence-corrected chi connectivity index (χ4v) is 12.8. The lowest BCUT2D eigenvalue weighted by atomic mass is 10.0. The van der Waals surface area contributed by atoms with Gasteiger partial charge >= 0.3 is 33.6 Å². The minimum absolute atomic E-state index is 0.0754. The van der Waals surface area contributed by atoms with Crippen LogP contribution in [0.3, 0.4) is 0 Å². The summed E-state index contributed by atoms with van der Waals surface area (Å²) in [6.07, 6.45) is 104. The molecular formula is C91H154O16P2. The molecule has 0 aliphatic rings. The molecule has 0 bridgehead atoms. The summed E-state index contributed by atoms with van der Waals surface area (Å²) in [4.78, 5) is 58.8. The first-order chi connectivity index (χ1) is 53.2. The first-order valence-corrected chi connectivity index (χ1v) is 45.8. The molecule has 0 spiro atoms. The van der Waals surface area contributed by atoms with Crippen molar-refractivity contribution in [1.29, 1.82) is 0 Å². The Hall–Kier alpha value is -4.83. The van der Waals surface area contributed by atoms with Crippen LogP contribution in [0.15, 0.2) is 158 Å². The molecule has 0 radical (unpaired) electrons. The van der Waals surface area contributed by atoms with Gasteiger partial charge in [0, 0.05) is 19.3 Å². The molecule has 0 heterocycles. The maximum atomic E-state index is 13.0. The molecule has 18 heteroatoms. The Morgan fingerprint density at radius 1 is 0.266 bits per heavy atom. The van der Waals surface area contributed by atoms with Crippen LogP contribution in [0.25, 0.3) is 0 Å². The van der Waals surface area contributed by atoms with Crippen molar-refractivity contribution in [2.24, 2.45) is 0 Å². The van der Waals surface area contributed by atoms with Gasteiger partial charge in [-0.1, -0.05) is 326 Å². The minimum Gasteiger partial charge on any atom is -0.463 e. The standard InChI is InChI=1S/C91H154O16P2/c1-4-7-10-13-16-19-22-25-28-31-34-36-37-38-39-40-41-42-43-44-45-46-47-49-52-53-56-59-62-65-68-71-74-77-89(94)101-80-86(92)81-103-108(97,98)104-82-87(93)83-105-109(99,100)106-85-88(107-91(96)79-76-73-70-67-64-61-58-55-50-33-30-27-24-21-18-15-12-9-6-3)84-102-90(95)78-75-72-69-66-63-60-57-54-51-48-35-32-29-26-23-20-17-14-11-8-5-2/h8,11,16-21,25-30,34-36,38-39,48,50,54-55,57,63,66,86-88,92-93H,4-7,9-10,12-15,22-24,31-33,37,40-47,49,51-53,56,58-62,64-65,67-85H2,1-3H3,(H,97,98)(H,99,100)/b11-8-,19-16-,20-17-,21-18-,28-25-,29-26-,30-27-,36-34-,39-38-,48-35-,55-50-,57-54-,66-63-. The topological polar surface area (TPSA) is 231 Å². The number of aliphatic hydroxyl groups excluding tert-OH is 2. The number of ether oxygens (including phenoxy) is 3. The van der Waals surface area contributed by atoms with E-state index in [1.807, 2.05) is 0 Å². The maximum Gasteiger partial charge on any atom is 0.472 e. The van der Waals surface area contributed by atoms with Gasteiger partial charge in [0.2, 0.25) is 0 Å². The van der Waals surface area contributed by atoms with E-state index in [1.54, 1.807) is 0 Å². The van der Waals surface area contributed by atoms with Crippen LogP contribution in [0.4, 0.5) is 0 Å². The molecule has 0 aliphatic carbocycles. The molecule has 0 aromatic carbocycles. The van der Waals surface area contributed by atoms with Crippen molar-refractivity contribution in [1.82, 2.24) is 0 Å². The molecule has 0 rings (SSSR count). The Morgan fingerprint density at radius 3 is 0.789 bits per heavy atom. The smallest absolute Gasteiger partial charge is 0.463 e. The van der Waals surface area contributed by atoms with Crippen molar-refractivity contribution in [3.05, 3.63) is 158 Å².